The summed E-state index contributed by atoms with van der Waals surface area (Å²) in [6.07, 6.45) is 1.44. The van der Waals surface area contributed by atoms with E-state index in [0.29, 0.717) is 36.0 Å². The zero-order valence-electron chi connectivity index (χ0n) is 17.7. The van der Waals surface area contributed by atoms with Crippen molar-refractivity contribution in [2.45, 2.75) is 6.92 Å². The lowest BCUT2D eigenvalue weighted by molar-refractivity contribution is 0.0980. The van der Waals surface area contributed by atoms with Crippen molar-refractivity contribution in [2.24, 2.45) is 0 Å². The molecule has 0 fully saturated rings. The van der Waals surface area contributed by atoms with Gasteiger partial charge in [0.25, 0.3) is 11.8 Å². The Kier molecular flexibility index (Phi) is 4.82. The number of hydrogen-bond donors (Lipinski definition) is 1. The zero-order chi connectivity index (χ0) is 22.2. The minimum atomic E-state index is -0.370. The standard InChI is InChI=1S/C24H21N5O3/c1-15-9-10-16(14-19(15)27-23(30)20-8-5-13-32-20)24(31)29-12-11-28(2)21-22(29)26-18-7-4-3-6-17(18)25-21/h3-10,13-14H,11-12H2,1-2H3,(H,27,30). The molecule has 0 spiro atoms. The summed E-state index contributed by atoms with van der Waals surface area (Å²) in [6, 6.07) is 16.1. The normalized spacial score (nSPS) is 13.2. The highest BCUT2D eigenvalue weighted by Gasteiger charge is 2.29. The highest BCUT2D eigenvalue weighted by atomic mass is 16.3. The van der Waals surface area contributed by atoms with Gasteiger partial charge in [-0.2, -0.15) is 0 Å². The molecule has 5 rings (SSSR count). The van der Waals surface area contributed by atoms with E-state index in [4.69, 9.17) is 14.4 Å². The van der Waals surface area contributed by atoms with Crippen LogP contribution in [0, 0.1) is 6.92 Å². The number of aromatic nitrogens is 2. The third-order valence-corrected chi connectivity index (χ3v) is 5.53. The zero-order valence-corrected chi connectivity index (χ0v) is 17.7. The molecule has 0 radical (unpaired) electrons. The fourth-order valence-electron chi connectivity index (χ4n) is 3.72. The second kappa shape index (κ2) is 7.81. The number of anilines is 3. The molecule has 0 saturated carbocycles. The predicted molar refractivity (Wildman–Crippen MR) is 122 cm³/mol. The summed E-state index contributed by atoms with van der Waals surface area (Å²) in [5.74, 6) is 0.838. The number of rotatable bonds is 3. The van der Waals surface area contributed by atoms with Gasteiger partial charge >= 0.3 is 0 Å². The quantitative estimate of drug-likeness (QED) is 0.534. The van der Waals surface area contributed by atoms with Crippen LogP contribution < -0.4 is 15.1 Å². The maximum Gasteiger partial charge on any atom is 0.291 e. The highest BCUT2D eigenvalue weighted by molar-refractivity contribution is 6.09. The first-order chi connectivity index (χ1) is 15.5. The molecule has 32 heavy (non-hydrogen) atoms. The van der Waals surface area contributed by atoms with Gasteiger partial charge in [0, 0.05) is 31.4 Å². The maximum atomic E-state index is 13.5. The van der Waals surface area contributed by atoms with Gasteiger partial charge in [0.15, 0.2) is 17.4 Å². The summed E-state index contributed by atoms with van der Waals surface area (Å²) in [5.41, 5.74) is 3.36. The van der Waals surface area contributed by atoms with E-state index < -0.39 is 0 Å². The molecule has 0 saturated heterocycles. The highest BCUT2D eigenvalue weighted by Crippen LogP contribution is 2.32. The molecule has 1 aliphatic rings. The first-order valence-corrected chi connectivity index (χ1v) is 10.3. The Morgan fingerprint density at radius 1 is 0.969 bits per heavy atom. The van der Waals surface area contributed by atoms with Gasteiger partial charge in [0.2, 0.25) is 0 Å². The molecule has 2 aromatic heterocycles. The number of hydrogen-bond acceptors (Lipinski definition) is 6. The number of nitrogens with zero attached hydrogens (tertiary/aromatic N) is 4. The maximum absolute atomic E-state index is 13.5. The van der Waals surface area contributed by atoms with E-state index in [9.17, 15) is 9.59 Å². The summed E-state index contributed by atoms with van der Waals surface area (Å²) >= 11 is 0. The molecule has 3 heterocycles. The lowest BCUT2D eigenvalue weighted by atomic mass is 10.1. The fraction of sp³-hybridized carbons (Fsp3) is 0.167. The molecule has 2 amide bonds. The largest absolute Gasteiger partial charge is 0.459 e. The smallest absolute Gasteiger partial charge is 0.291 e. The van der Waals surface area contributed by atoms with Gasteiger partial charge in [-0.3, -0.25) is 14.5 Å². The summed E-state index contributed by atoms with van der Waals surface area (Å²) in [4.78, 5) is 39.0. The molecular formula is C24H21N5O3. The number of carbonyl (C=O) groups is 2. The van der Waals surface area contributed by atoms with Crippen LogP contribution in [0.1, 0.15) is 26.5 Å². The van der Waals surface area contributed by atoms with Gasteiger partial charge in [-0.05, 0) is 48.9 Å². The van der Waals surface area contributed by atoms with Crippen LogP contribution in [0.3, 0.4) is 0 Å². The van der Waals surface area contributed by atoms with Crippen LogP contribution in [-0.4, -0.2) is 41.9 Å². The van der Waals surface area contributed by atoms with Crippen molar-refractivity contribution in [3.8, 4) is 0 Å². The minimum Gasteiger partial charge on any atom is -0.459 e. The lowest BCUT2D eigenvalue weighted by Crippen LogP contribution is -2.43. The molecule has 2 aromatic carbocycles. The van der Waals surface area contributed by atoms with E-state index in [2.05, 4.69) is 5.32 Å². The van der Waals surface area contributed by atoms with E-state index in [1.807, 2.05) is 49.2 Å². The third-order valence-electron chi connectivity index (χ3n) is 5.53. The molecular weight excluding hydrogens is 406 g/mol. The van der Waals surface area contributed by atoms with Gasteiger partial charge < -0.3 is 14.6 Å². The van der Waals surface area contributed by atoms with E-state index in [1.165, 1.54) is 6.26 Å². The number of nitrogens with one attached hydrogen (secondary N) is 1. The molecule has 0 atom stereocenters. The lowest BCUT2D eigenvalue weighted by Gasteiger charge is -2.33. The fourth-order valence-corrected chi connectivity index (χ4v) is 3.72. The number of carbonyl (C=O) groups excluding carboxylic acids is 2. The molecule has 1 N–H and O–H groups in total. The van der Waals surface area contributed by atoms with Crippen molar-refractivity contribution in [1.82, 2.24) is 9.97 Å². The SMILES string of the molecule is Cc1ccc(C(=O)N2CCN(C)c3nc4ccccc4nc32)cc1NC(=O)c1ccco1. The second-order valence-corrected chi connectivity index (χ2v) is 7.70. The van der Waals surface area contributed by atoms with Crippen LogP contribution >= 0.6 is 0 Å². The molecule has 1 aliphatic heterocycles. The van der Waals surface area contributed by atoms with E-state index in [0.717, 1.165) is 16.6 Å². The minimum absolute atomic E-state index is 0.197. The predicted octanol–water partition coefficient (Wildman–Crippen LogP) is 3.88. The topological polar surface area (TPSA) is 91.6 Å². The van der Waals surface area contributed by atoms with Gasteiger partial charge in [0.05, 0.1) is 17.3 Å². The van der Waals surface area contributed by atoms with Crippen molar-refractivity contribution < 1.29 is 14.0 Å². The van der Waals surface area contributed by atoms with Crippen molar-refractivity contribution >= 4 is 40.2 Å². The number of para-hydroxylation sites is 2. The van der Waals surface area contributed by atoms with Crippen molar-refractivity contribution in [2.75, 3.05) is 35.3 Å². The molecule has 8 heteroatoms. The number of aryl methyl sites for hydroxylation is 1. The summed E-state index contributed by atoms with van der Waals surface area (Å²) in [6.45, 7) is 2.99. The molecule has 4 aromatic rings. The summed E-state index contributed by atoms with van der Waals surface area (Å²) in [7, 11) is 1.94. The number of likely N-dealkylation sites (N-methyl/N-ethyl adjacent to an activating group) is 1. The first kappa shape index (κ1) is 19.7. The average molecular weight is 427 g/mol. The Morgan fingerprint density at radius 3 is 2.44 bits per heavy atom. The van der Waals surface area contributed by atoms with Gasteiger partial charge in [-0.25, -0.2) is 9.97 Å². The third kappa shape index (κ3) is 3.45. The van der Waals surface area contributed by atoms with Crippen molar-refractivity contribution in [3.05, 3.63) is 77.7 Å². The first-order valence-electron chi connectivity index (χ1n) is 10.3. The van der Waals surface area contributed by atoms with Crippen LogP contribution in [0.2, 0.25) is 0 Å². The molecule has 160 valence electrons. The Labute approximate surface area is 184 Å². The Bertz CT molecular complexity index is 1330. The molecule has 0 unspecified atom stereocenters. The van der Waals surface area contributed by atoms with Crippen LogP contribution in [0.5, 0.6) is 0 Å². The summed E-state index contributed by atoms with van der Waals surface area (Å²) in [5, 5.41) is 2.82. The van der Waals surface area contributed by atoms with Crippen molar-refractivity contribution in [3.63, 3.8) is 0 Å². The molecule has 8 nitrogen and oxygen atoms in total. The van der Waals surface area contributed by atoms with E-state index in [-0.39, 0.29) is 17.6 Å². The van der Waals surface area contributed by atoms with Crippen LogP contribution in [0.25, 0.3) is 11.0 Å². The van der Waals surface area contributed by atoms with E-state index >= 15 is 0 Å². The molecule has 0 bridgehead atoms. The van der Waals surface area contributed by atoms with Crippen molar-refractivity contribution in [1.29, 1.82) is 0 Å². The summed E-state index contributed by atoms with van der Waals surface area (Å²) < 4.78 is 5.16. The average Bonchev–Trinajstić information content (AvgIpc) is 3.35. The number of amides is 2. The van der Waals surface area contributed by atoms with Crippen LogP contribution in [-0.2, 0) is 0 Å². The Morgan fingerprint density at radius 2 is 1.72 bits per heavy atom. The van der Waals surface area contributed by atoms with E-state index in [1.54, 1.807) is 29.2 Å². The van der Waals surface area contributed by atoms with Gasteiger partial charge in [0.1, 0.15) is 0 Å². The number of fused-ring (bicyclic) bond motifs is 2. The van der Waals surface area contributed by atoms with Crippen LogP contribution in [0.4, 0.5) is 17.3 Å². The molecule has 0 aliphatic carbocycles. The van der Waals surface area contributed by atoms with Crippen LogP contribution in [0.15, 0.2) is 65.3 Å². The number of benzene rings is 2. The van der Waals surface area contributed by atoms with Gasteiger partial charge in [-0.1, -0.05) is 18.2 Å². The monoisotopic (exact) mass is 427 g/mol. The van der Waals surface area contributed by atoms with Gasteiger partial charge in [-0.15, -0.1) is 0 Å². The Hall–Kier alpha value is -4.20. The Balaban J connectivity index is 1.49. The number of furan rings is 1. The second-order valence-electron chi connectivity index (χ2n) is 7.70.